The molecule has 0 saturated carbocycles. The summed E-state index contributed by atoms with van der Waals surface area (Å²) in [7, 11) is 0. The molecule has 0 bridgehead atoms. The maximum atomic E-state index is 9.12. The number of hydrogen-bond donors (Lipinski definition) is 1. The Labute approximate surface area is 125 Å². The summed E-state index contributed by atoms with van der Waals surface area (Å²) in [6.07, 6.45) is 2.62. The van der Waals surface area contributed by atoms with Gasteiger partial charge in [0.15, 0.2) is 0 Å². The van der Waals surface area contributed by atoms with E-state index in [2.05, 4.69) is 61.5 Å². The summed E-state index contributed by atoms with van der Waals surface area (Å²) in [4.78, 5) is 0. The largest absolute Gasteiger partial charge is 0.369 e. The molecule has 0 aliphatic carbocycles. The van der Waals surface area contributed by atoms with Crippen molar-refractivity contribution in [1.82, 2.24) is 9.78 Å². The summed E-state index contributed by atoms with van der Waals surface area (Å²) < 4.78 is 1.94. The zero-order chi connectivity index (χ0) is 15.0. The topological polar surface area (TPSA) is 53.6 Å². The van der Waals surface area contributed by atoms with Gasteiger partial charge in [-0.3, -0.25) is 0 Å². The van der Waals surface area contributed by atoms with E-state index in [1.807, 2.05) is 4.68 Å². The van der Waals surface area contributed by atoms with Gasteiger partial charge in [-0.05, 0) is 23.0 Å². The van der Waals surface area contributed by atoms with Gasteiger partial charge in [-0.1, -0.05) is 45.0 Å². The van der Waals surface area contributed by atoms with Crippen molar-refractivity contribution in [3.05, 3.63) is 47.2 Å². The highest BCUT2D eigenvalue weighted by Crippen LogP contribution is 2.32. The van der Waals surface area contributed by atoms with Crippen LogP contribution in [0.25, 0.3) is 0 Å². The number of rotatable bonds is 1. The molecule has 1 aromatic heterocycles. The fourth-order valence-corrected chi connectivity index (χ4v) is 2.82. The van der Waals surface area contributed by atoms with Crippen molar-refractivity contribution in [2.24, 2.45) is 0 Å². The number of nitrogens with one attached hydrogen (secondary N) is 1. The van der Waals surface area contributed by atoms with Crippen molar-refractivity contribution in [3.8, 4) is 6.07 Å². The Balaban J connectivity index is 1.96. The molecule has 1 atom stereocenters. The monoisotopic (exact) mass is 280 g/mol. The summed E-state index contributed by atoms with van der Waals surface area (Å²) in [5.41, 5.74) is 3.36. The van der Waals surface area contributed by atoms with Crippen molar-refractivity contribution in [2.45, 2.75) is 38.6 Å². The van der Waals surface area contributed by atoms with Gasteiger partial charge in [0.2, 0.25) is 0 Å². The normalized spacial score (nSPS) is 17.7. The van der Waals surface area contributed by atoms with Crippen LogP contribution < -0.4 is 5.32 Å². The van der Waals surface area contributed by atoms with Gasteiger partial charge in [0.1, 0.15) is 17.5 Å². The smallest absolute Gasteiger partial charge is 0.143 e. The second-order valence-corrected chi connectivity index (χ2v) is 6.57. The number of nitrogens with zero attached hydrogens (tertiary/aromatic N) is 3. The summed E-state index contributed by atoms with van der Waals surface area (Å²) in [5.74, 6) is 0.841. The van der Waals surface area contributed by atoms with E-state index in [1.165, 1.54) is 11.1 Å². The van der Waals surface area contributed by atoms with Gasteiger partial charge in [0, 0.05) is 6.54 Å². The molecule has 4 nitrogen and oxygen atoms in total. The van der Waals surface area contributed by atoms with Crippen LogP contribution in [0, 0.1) is 11.3 Å². The highest BCUT2D eigenvalue weighted by Gasteiger charge is 2.24. The average molecular weight is 280 g/mol. The van der Waals surface area contributed by atoms with Crippen LogP contribution >= 0.6 is 0 Å². The third kappa shape index (κ3) is 2.40. The van der Waals surface area contributed by atoms with E-state index in [4.69, 9.17) is 5.26 Å². The lowest BCUT2D eigenvalue weighted by atomic mass is 9.86. The van der Waals surface area contributed by atoms with E-state index in [-0.39, 0.29) is 11.5 Å². The minimum Gasteiger partial charge on any atom is -0.369 e. The second kappa shape index (κ2) is 4.92. The molecule has 1 aromatic carbocycles. The summed E-state index contributed by atoms with van der Waals surface area (Å²) >= 11 is 0. The second-order valence-electron chi connectivity index (χ2n) is 6.57. The van der Waals surface area contributed by atoms with Crippen molar-refractivity contribution in [2.75, 3.05) is 11.9 Å². The maximum absolute atomic E-state index is 9.12. The van der Waals surface area contributed by atoms with Gasteiger partial charge in [0.05, 0.1) is 12.2 Å². The summed E-state index contributed by atoms with van der Waals surface area (Å²) in [5, 5.41) is 16.8. The van der Waals surface area contributed by atoms with Crippen LogP contribution in [0.5, 0.6) is 0 Å². The number of nitriles is 1. The Morgan fingerprint density at radius 2 is 2.00 bits per heavy atom. The summed E-state index contributed by atoms with van der Waals surface area (Å²) in [6.45, 7) is 7.53. The molecule has 2 aromatic rings. The number of anilines is 1. The SMILES string of the molecule is CC(C)(C)c1ccc(C2CCNc3c(C#N)cnn32)cc1. The van der Waals surface area contributed by atoms with E-state index >= 15 is 0 Å². The van der Waals surface area contributed by atoms with Crippen molar-refractivity contribution >= 4 is 5.82 Å². The number of hydrogen-bond acceptors (Lipinski definition) is 3. The molecule has 3 rings (SSSR count). The maximum Gasteiger partial charge on any atom is 0.143 e. The number of fused-ring (bicyclic) bond motifs is 1. The van der Waals surface area contributed by atoms with Gasteiger partial charge in [-0.2, -0.15) is 10.4 Å². The average Bonchev–Trinajstić information content (AvgIpc) is 2.89. The molecular formula is C17H20N4. The molecule has 108 valence electrons. The van der Waals surface area contributed by atoms with Crippen LogP contribution in [0.2, 0.25) is 0 Å². The molecule has 1 aliphatic heterocycles. The number of benzene rings is 1. The minimum absolute atomic E-state index is 0.164. The standard InChI is InChI=1S/C17H20N4/c1-17(2,3)14-6-4-12(5-7-14)15-8-9-19-16-13(10-18)11-20-21(15)16/h4-7,11,15,19H,8-9H2,1-3H3. The zero-order valence-electron chi connectivity index (χ0n) is 12.7. The molecule has 1 aliphatic rings. The predicted molar refractivity (Wildman–Crippen MR) is 83.3 cm³/mol. The molecule has 0 amide bonds. The van der Waals surface area contributed by atoms with E-state index in [1.54, 1.807) is 6.20 Å². The summed E-state index contributed by atoms with van der Waals surface area (Å²) in [6, 6.07) is 11.2. The lowest BCUT2D eigenvalue weighted by Crippen LogP contribution is -2.24. The van der Waals surface area contributed by atoms with Crippen LogP contribution in [0.4, 0.5) is 5.82 Å². The Morgan fingerprint density at radius 3 is 2.62 bits per heavy atom. The molecule has 1 N–H and O–H groups in total. The fraction of sp³-hybridized carbons (Fsp3) is 0.412. The first-order valence-corrected chi connectivity index (χ1v) is 7.32. The third-order valence-corrected chi connectivity index (χ3v) is 4.08. The van der Waals surface area contributed by atoms with E-state index < -0.39 is 0 Å². The van der Waals surface area contributed by atoms with Crippen molar-refractivity contribution in [3.63, 3.8) is 0 Å². The number of aromatic nitrogens is 2. The van der Waals surface area contributed by atoms with Crippen LogP contribution in [0.3, 0.4) is 0 Å². The predicted octanol–water partition coefficient (Wildman–Crippen LogP) is 3.46. The lowest BCUT2D eigenvalue weighted by Gasteiger charge is -2.27. The molecule has 4 heteroatoms. The Bertz CT molecular complexity index is 683. The van der Waals surface area contributed by atoms with Crippen LogP contribution in [-0.4, -0.2) is 16.3 Å². The Hall–Kier alpha value is -2.28. The van der Waals surface area contributed by atoms with Crippen molar-refractivity contribution in [1.29, 1.82) is 5.26 Å². The van der Waals surface area contributed by atoms with Crippen molar-refractivity contribution < 1.29 is 0 Å². The van der Waals surface area contributed by atoms with E-state index in [0.717, 1.165) is 18.8 Å². The van der Waals surface area contributed by atoms with Gasteiger partial charge >= 0.3 is 0 Å². The fourth-order valence-electron chi connectivity index (χ4n) is 2.82. The molecule has 0 radical (unpaired) electrons. The Kier molecular flexibility index (Phi) is 3.21. The minimum atomic E-state index is 0.164. The lowest BCUT2D eigenvalue weighted by molar-refractivity contribution is 0.481. The highest BCUT2D eigenvalue weighted by molar-refractivity contribution is 5.53. The molecule has 0 saturated heterocycles. The van der Waals surface area contributed by atoms with Crippen LogP contribution in [0.1, 0.15) is 49.9 Å². The molecule has 0 fully saturated rings. The van der Waals surface area contributed by atoms with Gasteiger partial charge in [0.25, 0.3) is 0 Å². The molecule has 2 heterocycles. The van der Waals surface area contributed by atoms with E-state index in [0.29, 0.717) is 5.56 Å². The Morgan fingerprint density at radius 1 is 1.29 bits per heavy atom. The zero-order valence-corrected chi connectivity index (χ0v) is 12.7. The first-order chi connectivity index (χ1) is 10.0. The third-order valence-electron chi connectivity index (χ3n) is 4.08. The first kappa shape index (κ1) is 13.7. The van der Waals surface area contributed by atoms with Gasteiger partial charge < -0.3 is 5.32 Å². The van der Waals surface area contributed by atoms with Crippen LogP contribution in [0.15, 0.2) is 30.5 Å². The molecule has 21 heavy (non-hydrogen) atoms. The molecular weight excluding hydrogens is 260 g/mol. The van der Waals surface area contributed by atoms with Crippen LogP contribution in [-0.2, 0) is 5.41 Å². The first-order valence-electron chi connectivity index (χ1n) is 7.32. The highest BCUT2D eigenvalue weighted by atomic mass is 15.4. The molecule has 1 unspecified atom stereocenters. The van der Waals surface area contributed by atoms with E-state index in [9.17, 15) is 0 Å². The van der Waals surface area contributed by atoms with Gasteiger partial charge in [-0.25, -0.2) is 4.68 Å². The molecule has 0 spiro atoms. The quantitative estimate of drug-likeness (QED) is 0.870. The van der Waals surface area contributed by atoms with Gasteiger partial charge in [-0.15, -0.1) is 0 Å².